The third kappa shape index (κ3) is 5.79. The monoisotopic (exact) mass is 991 g/mol. The number of para-hydroxylation sites is 6. The van der Waals surface area contributed by atoms with Crippen LogP contribution in [0.4, 0.5) is 34.1 Å². The second kappa shape index (κ2) is 16.5. The molecule has 0 amide bonds. The lowest BCUT2D eigenvalue weighted by atomic mass is 9.33. The van der Waals surface area contributed by atoms with Gasteiger partial charge in [0.15, 0.2) is 0 Å². The first-order valence-corrected chi connectivity index (χ1v) is 27.0. The van der Waals surface area contributed by atoms with Crippen LogP contribution in [0.25, 0.3) is 60.9 Å². The van der Waals surface area contributed by atoms with E-state index in [4.69, 9.17) is 4.74 Å². The minimum atomic E-state index is -0.723. The average molecular weight is 992 g/mol. The molecule has 17 rings (SSSR count). The largest absolute Gasteiger partial charge is 0.457 e. The lowest BCUT2D eigenvalue weighted by Crippen LogP contribution is -2.61. The number of nitrogens with zero attached hydrogens (tertiary/aromatic N) is 3. The second-order valence-electron chi connectivity index (χ2n) is 21.0. The van der Waals surface area contributed by atoms with Crippen LogP contribution in [0.3, 0.4) is 0 Å². The topological polar surface area (TPSA) is 20.6 Å². The highest BCUT2D eigenvalue weighted by molar-refractivity contribution is 7.00. The van der Waals surface area contributed by atoms with Gasteiger partial charge in [-0.1, -0.05) is 218 Å². The molecule has 1 unspecified atom stereocenters. The highest BCUT2D eigenvalue weighted by Crippen LogP contribution is 2.65. The Morgan fingerprint density at radius 2 is 0.846 bits per heavy atom. The van der Waals surface area contributed by atoms with Crippen LogP contribution in [-0.2, 0) is 5.41 Å². The first kappa shape index (κ1) is 43.2. The van der Waals surface area contributed by atoms with E-state index in [0.29, 0.717) is 0 Å². The summed E-state index contributed by atoms with van der Waals surface area (Å²) in [5.74, 6) is 1.72. The zero-order chi connectivity index (χ0) is 51.1. The number of rotatable bonds is 5. The van der Waals surface area contributed by atoms with Crippen LogP contribution in [0, 0.1) is 0 Å². The van der Waals surface area contributed by atoms with Gasteiger partial charge in [0.25, 0.3) is 6.71 Å². The lowest BCUT2D eigenvalue weighted by Gasteiger charge is -2.45. The van der Waals surface area contributed by atoms with E-state index in [2.05, 4.69) is 293 Å². The summed E-state index contributed by atoms with van der Waals surface area (Å²) in [6, 6.07) is 103. The van der Waals surface area contributed by atoms with Gasteiger partial charge in [0.1, 0.15) is 11.5 Å². The minimum Gasteiger partial charge on any atom is -0.457 e. The van der Waals surface area contributed by atoms with Crippen LogP contribution in [-0.4, -0.2) is 11.3 Å². The van der Waals surface area contributed by atoms with Gasteiger partial charge in [-0.05, 0) is 98.8 Å². The second-order valence-corrected chi connectivity index (χ2v) is 21.0. The van der Waals surface area contributed by atoms with Crippen molar-refractivity contribution in [1.82, 2.24) is 4.57 Å². The van der Waals surface area contributed by atoms with E-state index in [-0.39, 0.29) is 6.71 Å². The average Bonchev–Trinajstić information content (AvgIpc) is 4.15. The predicted molar refractivity (Wildman–Crippen MR) is 323 cm³/mol. The SMILES string of the molecule is c1ccc(-c2ccccc2N2c3ccccc3B3c4ccc5c(c4N(c4ccccc4-c4ccccc4)c4cccc2c43)-c2ccccc2C52c3ccccc3Oc3cc(-n4c5ccccc5c5ccccc54)ccc32)cc1. The van der Waals surface area contributed by atoms with Gasteiger partial charge in [-0.25, -0.2) is 0 Å². The maximum atomic E-state index is 7.22. The highest BCUT2D eigenvalue weighted by atomic mass is 16.5. The Morgan fingerprint density at radius 3 is 1.55 bits per heavy atom. The molecule has 4 nitrogen and oxygen atoms in total. The van der Waals surface area contributed by atoms with Crippen LogP contribution in [0.15, 0.2) is 279 Å². The van der Waals surface area contributed by atoms with Crippen molar-refractivity contribution in [2.75, 3.05) is 9.80 Å². The van der Waals surface area contributed by atoms with Crippen molar-refractivity contribution in [2.45, 2.75) is 5.41 Å². The fourth-order valence-electron chi connectivity index (χ4n) is 14.3. The first-order chi connectivity index (χ1) is 38.8. The van der Waals surface area contributed by atoms with Crippen molar-refractivity contribution in [1.29, 1.82) is 0 Å². The van der Waals surface area contributed by atoms with E-state index in [0.717, 1.165) is 39.7 Å². The van der Waals surface area contributed by atoms with Crippen LogP contribution >= 0.6 is 0 Å². The van der Waals surface area contributed by atoms with Gasteiger partial charge < -0.3 is 19.1 Å². The molecule has 4 heterocycles. The first-order valence-electron chi connectivity index (χ1n) is 27.0. The van der Waals surface area contributed by atoms with E-state index in [1.165, 1.54) is 105 Å². The Kier molecular flexibility index (Phi) is 9.11. The molecule has 1 atom stereocenters. The van der Waals surface area contributed by atoms with Crippen LogP contribution in [0.2, 0.25) is 0 Å². The maximum absolute atomic E-state index is 7.22. The number of anilines is 6. The van der Waals surface area contributed by atoms with Gasteiger partial charge in [-0.3, -0.25) is 0 Å². The van der Waals surface area contributed by atoms with E-state index in [1.807, 2.05) is 0 Å². The summed E-state index contributed by atoms with van der Waals surface area (Å²) in [7, 11) is 0. The Bertz CT molecular complexity index is 4590. The van der Waals surface area contributed by atoms with E-state index in [9.17, 15) is 0 Å². The van der Waals surface area contributed by atoms with Gasteiger partial charge in [0, 0.05) is 73.1 Å². The molecule has 0 bridgehead atoms. The van der Waals surface area contributed by atoms with Crippen LogP contribution < -0.4 is 30.9 Å². The van der Waals surface area contributed by atoms with Gasteiger partial charge in [0.2, 0.25) is 0 Å². The molecule has 1 aliphatic carbocycles. The van der Waals surface area contributed by atoms with E-state index < -0.39 is 5.41 Å². The molecule has 0 saturated carbocycles. The minimum absolute atomic E-state index is 0.0836. The van der Waals surface area contributed by atoms with Crippen molar-refractivity contribution in [3.05, 3.63) is 301 Å². The summed E-state index contributed by atoms with van der Waals surface area (Å²) in [4.78, 5) is 5.16. The molecule has 3 aliphatic heterocycles. The standard InChI is InChI=1S/C73H46BN3O/c1-3-22-47(23-4-1)50-26-8-15-34-61(50)76-65-38-19-14-33-59(65)74-60-45-44-58-70(72(60)77(67-40-21-39-66(76)71(67)74)62-35-16-9-27-51(62)48-24-5-2-6-25-48)54-30-7-12-31-55(54)73(58)56-32-13-20-41-68(56)78-69-46-49(42-43-57(69)73)75-63-36-17-10-28-52(63)53-29-11-18-37-64(53)75/h1-46H. The molecule has 4 aliphatic rings. The van der Waals surface area contributed by atoms with Crippen molar-refractivity contribution < 1.29 is 4.74 Å². The fourth-order valence-corrected chi connectivity index (χ4v) is 14.3. The molecule has 0 radical (unpaired) electrons. The van der Waals surface area contributed by atoms with Crippen molar-refractivity contribution in [2.24, 2.45) is 0 Å². The number of hydrogen-bond donors (Lipinski definition) is 0. The molecular formula is C73H46BN3O. The molecule has 0 saturated heterocycles. The zero-order valence-electron chi connectivity index (χ0n) is 42.4. The van der Waals surface area contributed by atoms with Crippen molar-refractivity contribution >= 4 is 79.0 Å². The molecule has 78 heavy (non-hydrogen) atoms. The molecule has 0 N–H and O–H groups in total. The van der Waals surface area contributed by atoms with Gasteiger partial charge in [-0.2, -0.15) is 0 Å². The Balaban J connectivity index is 0.965. The van der Waals surface area contributed by atoms with Gasteiger partial charge in [0.05, 0.1) is 27.8 Å². The van der Waals surface area contributed by atoms with E-state index in [1.54, 1.807) is 0 Å². The van der Waals surface area contributed by atoms with E-state index >= 15 is 0 Å². The molecule has 13 aromatic rings. The van der Waals surface area contributed by atoms with Crippen molar-refractivity contribution in [3.8, 4) is 50.6 Å². The van der Waals surface area contributed by atoms with Crippen LogP contribution in [0.5, 0.6) is 11.5 Å². The third-order valence-electron chi connectivity index (χ3n) is 17.2. The molecule has 12 aromatic carbocycles. The maximum Gasteiger partial charge on any atom is 0.252 e. The summed E-state index contributed by atoms with van der Waals surface area (Å²) in [5, 5.41) is 2.46. The molecule has 1 aromatic heterocycles. The van der Waals surface area contributed by atoms with Gasteiger partial charge in [-0.15, -0.1) is 0 Å². The normalized spacial score (nSPS) is 15.0. The number of benzene rings is 12. The zero-order valence-corrected chi connectivity index (χ0v) is 42.4. The summed E-state index contributed by atoms with van der Waals surface area (Å²) < 4.78 is 9.61. The quantitative estimate of drug-likeness (QED) is 0.160. The summed E-state index contributed by atoms with van der Waals surface area (Å²) in [6.07, 6.45) is 0. The molecule has 362 valence electrons. The number of hydrogen-bond acceptors (Lipinski definition) is 3. The smallest absolute Gasteiger partial charge is 0.252 e. The lowest BCUT2D eigenvalue weighted by molar-refractivity contribution is 0.436. The summed E-state index contributed by atoms with van der Waals surface area (Å²) in [5.41, 5.74) is 25.4. The molecule has 0 fully saturated rings. The predicted octanol–water partition coefficient (Wildman–Crippen LogP) is 16.7. The summed E-state index contributed by atoms with van der Waals surface area (Å²) >= 11 is 0. The number of aromatic nitrogens is 1. The molecule has 1 spiro atoms. The molecular weight excluding hydrogens is 946 g/mol. The van der Waals surface area contributed by atoms with Crippen LogP contribution in [0.1, 0.15) is 22.3 Å². The number of fused-ring (bicyclic) bond motifs is 17. The highest BCUT2D eigenvalue weighted by Gasteiger charge is 2.54. The Hall–Kier alpha value is -10.1. The van der Waals surface area contributed by atoms with Crippen molar-refractivity contribution in [3.63, 3.8) is 0 Å². The fraction of sp³-hybridized carbons (Fsp3) is 0.0137. The number of ether oxygens (including phenoxy) is 1. The van der Waals surface area contributed by atoms with Gasteiger partial charge >= 0.3 is 0 Å². The molecule has 5 heteroatoms. The summed E-state index contributed by atoms with van der Waals surface area (Å²) in [6.45, 7) is -0.0836. The third-order valence-corrected chi connectivity index (χ3v) is 17.2. The Morgan fingerprint density at radius 1 is 0.333 bits per heavy atom. The Labute approximate surface area is 453 Å².